The number of benzene rings is 2. The van der Waals surface area contributed by atoms with E-state index in [9.17, 15) is 9.59 Å². The number of hydrogen-bond donors (Lipinski definition) is 2. The molecule has 2 rings (SSSR count). The highest BCUT2D eigenvalue weighted by atomic mass is 16.2. The molecule has 2 aromatic rings. The number of nitrogens with zero attached hydrogens (tertiary/aromatic N) is 1. The van der Waals surface area contributed by atoms with Crippen LogP contribution in [0.2, 0.25) is 0 Å². The molecule has 2 aromatic carbocycles. The van der Waals surface area contributed by atoms with Crippen molar-refractivity contribution in [2.45, 2.75) is 39.3 Å². The summed E-state index contributed by atoms with van der Waals surface area (Å²) in [4.78, 5) is 26.2. The zero-order valence-corrected chi connectivity index (χ0v) is 15.9. The number of carbonyl (C=O) groups excluding carboxylic acids is 2. The van der Waals surface area contributed by atoms with Crippen LogP contribution in [-0.4, -0.2) is 29.4 Å². The lowest BCUT2D eigenvalue weighted by Gasteiger charge is -2.24. The predicted molar refractivity (Wildman–Crippen MR) is 105 cm³/mol. The minimum atomic E-state index is -0.246. The summed E-state index contributed by atoms with van der Waals surface area (Å²) in [6.45, 7) is 6.54. The first-order valence-corrected chi connectivity index (χ1v) is 8.79. The quantitative estimate of drug-likeness (QED) is 0.815. The van der Waals surface area contributed by atoms with E-state index in [1.807, 2.05) is 51.1 Å². The zero-order valence-electron chi connectivity index (χ0n) is 15.9. The van der Waals surface area contributed by atoms with Crippen molar-refractivity contribution in [2.75, 3.05) is 12.4 Å². The van der Waals surface area contributed by atoms with Crippen molar-refractivity contribution < 1.29 is 9.59 Å². The Balaban J connectivity index is 1.94. The van der Waals surface area contributed by atoms with Gasteiger partial charge in [0.25, 0.3) is 5.91 Å². The van der Waals surface area contributed by atoms with Gasteiger partial charge in [-0.25, -0.2) is 4.79 Å². The minimum absolute atomic E-state index is 0.115. The lowest BCUT2D eigenvalue weighted by molar-refractivity contribution is 0.0911. The van der Waals surface area contributed by atoms with Crippen molar-refractivity contribution in [3.8, 4) is 0 Å². The zero-order chi connectivity index (χ0) is 19.2. The second-order valence-corrected chi connectivity index (χ2v) is 7.04. The van der Waals surface area contributed by atoms with Crippen LogP contribution in [0.25, 0.3) is 0 Å². The maximum Gasteiger partial charge on any atom is 0.321 e. The first kappa shape index (κ1) is 19.5. The molecule has 0 saturated heterocycles. The van der Waals surface area contributed by atoms with Gasteiger partial charge in [0.15, 0.2) is 0 Å². The third kappa shape index (κ3) is 5.62. The molecule has 0 radical (unpaired) electrons. The molecule has 5 heteroatoms. The maximum atomic E-state index is 12.3. The van der Waals surface area contributed by atoms with Crippen molar-refractivity contribution in [3.63, 3.8) is 0 Å². The second-order valence-electron chi connectivity index (χ2n) is 7.04. The molecule has 0 aromatic heterocycles. The summed E-state index contributed by atoms with van der Waals surface area (Å²) in [5.74, 6) is -0.115. The van der Waals surface area contributed by atoms with Crippen LogP contribution >= 0.6 is 0 Å². The van der Waals surface area contributed by atoms with Gasteiger partial charge in [-0.05, 0) is 50.1 Å². The number of urea groups is 1. The molecule has 0 spiro atoms. The second kappa shape index (κ2) is 8.52. The number of amides is 3. The van der Waals surface area contributed by atoms with Gasteiger partial charge in [0, 0.05) is 30.4 Å². The fraction of sp³-hybridized carbons (Fsp3) is 0.333. The summed E-state index contributed by atoms with van der Waals surface area (Å²) < 4.78 is 0. The molecule has 0 bridgehead atoms. The van der Waals surface area contributed by atoms with Gasteiger partial charge in [-0.15, -0.1) is 0 Å². The van der Waals surface area contributed by atoms with Crippen molar-refractivity contribution in [1.29, 1.82) is 0 Å². The van der Waals surface area contributed by atoms with Crippen LogP contribution in [0.15, 0.2) is 54.6 Å². The molecule has 0 saturated carbocycles. The maximum absolute atomic E-state index is 12.3. The topological polar surface area (TPSA) is 61.4 Å². The highest BCUT2D eigenvalue weighted by Gasteiger charge is 2.18. The molecule has 0 fully saturated rings. The Morgan fingerprint density at radius 2 is 1.62 bits per heavy atom. The number of nitrogens with one attached hydrogen (secondary N) is 2. The summed E-state index contributed by atoms with van der Waals surface area (Å²) in [5.41, 5.74) is 2.04. The fourth-order valence-corrected chi connectivity index (χ4v) is 2.32. The first-order chi connectivity index (χ1) is 12.3. The molecule has 0 aliphatic heterocycles. The van der Waals surface area contributed by atoms with Crippen molar-refractivity contribution in [2.24, 2.45) is 0 Å². The Bertz CT molecular complexity index is 740. The highest BCUT2D eigenvalue weighted by molar-refractivity contribution is 5.95. The van der Waals surface area contributed by atoms with Crippen LogP contribution in [-0.2, 0) is 6.54 Å². The van der Waals surface area contributed by atoms with Gasteiger partial charge in [0.05, 0.1) is 0 Å². The van der Waals surface area contributed by atoms with Crippen molar-refractivity contribution in [1.82, 2.24) is 10.2 Å². The van der Waals surface area contributed by atoms with Gasteiger partial charge in [0.1, 0.15) is 0 Å². The summed E-state index contributed by atoms with van der Waals surface area (Å²) in [6, 6.07) is 16.5. The summed E-state index contributed by atoms with van der Waals surface area (Å²) >= 11 is 0. The van der Waals surface area contributed by atoms with E-state index in [1.54, 1.807) is 36.2 Å². The smallest absolute Gasteiger partial charge is 0.321 e. The van der Waals surface area contributed by atoms with E-state index in [-0.39, 0.29) is 17.5 Å². The van der Waals surface area contributed by atoms with Gasteiger partial charge >= 0.3 is 6.03 Å². The third-order valence-corrected chi connectivity index (χ3v) is 4.34. The monoisotopic (exact) mass is 353 g/mol. The lowest BCUT2D eigenvalue weighted by Crippen LogP contribution is -2.42. The average Bonchev–Trinajstić information content (AvgIpc) is 2.62. The molecular weight excluding hydrogens is 326 g/mol. The summed E-state index contributed by atoms with van der Waals surface area (Å²) in [6.07, 6.45) is 0.848. The van der Waals surface area contributed by atoms with Gasteiger partial charge in [-0.1, -0.05) is 37.3 Å². The van der Waals surface area contributed by atoms with Crippen LogP contribution in [0.3, 0.4) is 0 Å². The van der Waals surface area contributed by atoms with Crippen molar-refractivity contribution in [3.05, 3.63) is 65.7 Å². The number of rotatable bonds is 6. The molecule has 0 aliphatic rings. The normalized spacial score (nSPS) is 10.9. The van der Waals surface area contributed by atoms with E-state index >= 15 is 0 Å². The number of carbonyl (C=O) groups is 2. The van der Waals surface area contributed by atoms with Gasteiger partial charge < -0.3 is 15.5 Å². The summed E-state index contributed by atoms with van der Waals surface area (Å²) in [5, 5.41) is 5.84. The van der Waals surface area contributed by atoms with Crippen LogP contribution in [0.5, 0.6) is 0 Å². The number of anilines is 1. The molecule has 0 atom stereocenters. The Kier molecular flexibility index (Phi) is 6.39. The van der Waals surface area contributed by atoms with E-state index in [4.69, 9.17) is 0 Å². The molecule has 2 N–H and O–H groups in total. The fourth-order valence-electron chi connectivity index (χ4n) is 2.32. The van der Waals surface area contributed by atoms with Gasteiger partial charge in [-0.2, -0.15) is 0 Å². The third-order valence-electron chi connectivity index (χ3n) is 4.34. The SMILES string of the molecule is CCC(C)(C)NC(=O)c1ccc(NC(=O)N(C)Cc2ccccc2)cc1. The molecule has 3 amide bonds. The average molecular weight is 353 g/mol. The van der Waals surface area contributed by atoms with Crippen LogP contribution in [0.1, 0.15) is 43.1 Å². The van der Waals surface area contributed by atoms with E-state index in [0.29, 0.717) is 17.8 Å². The molecule has 0 unspecified atom stereocenters. The molecule has 0 heterocycles. The van der Waals surface area contributed by atoms with Gasteiger partial charge in [0.2, 0.25) is 0 Å². The Morgan fingerprint density at radius 3 is 2.19 bits per heavy atom. The molecule has 0 aliphatic carbocycles. The van der Waals surface area contributed by atoms with Crippen LogP contribution in [0, 0.1) is 0 Å². The Labute approximate surface area is 155 Å². The van der Waals surface area contributed by atoms with E-state index in [1.165, 1.54) is 0 Å². The number of hydrogen-bond acceptors (Lipinski definition) is 2. The minimum Gasteiger partial charge on any atom is -0.347 e. The van der Waals surface area contributed by atoms with Crippen LogP contribution in [0.4, 0.5) is 10.5 Å². The van der Waals surface area contributed by atoms with Gasteiger partial charge in [-0.3, -0.25) is 4.79 Å². The molecule has 138 valence electrons. The Hall–Kier alpha value is -2.82. The highest BCUT2D eigenvalue weighted by Crippen LogP contribution is 2.13. The first-order valence-electron chi connectivity index (χ1n) is 8.79. The summed E-state index contributed by atoms with van der Waals surface area (Å²) in [7, 11) is 1.75. The molecular formula is C21H27N3O2. The van der Waals surface area contributed by atoms with E-state index in [2.05, 4.69) is 10.6 Å². The standard InChI is InChI=1S/C21H27N3O2/c1-5-21(2,3)23-19(25)17-11-13-18(14-12-17)22-20(26)24(4)15-16-9-7-6-8-10-16/h6-14H,5,15H2,1-4H3,(H,22,26)(H,23,25). The van der Waals surface area contributed by atoms with Crippen LogP contribution < -0.4 is 10.6 Å². The largest absolute Gasteiger partial charge is 0.347 e. The van der Waals surface area contributed by atoms with E-state index in [0.717, 1.165) is 12.0 Å². The lowest BCUT2D eigenvalue weighted by atomic mass is 10.0. The predicted octanol–water partition coefficient (Wildman–Crippen LogP) is 4.27. The molecule has 5 nitrogen and oxygen atoms in total. The Morgan fingerprint density at radius 1 is 1.00 bits per heavy atom. The molecule has 26 heavy (non-hydrogen) atoms. The van der Waals surface area contributed by atoms with Crippen molar-refractivity contribution >= 4 is 17.6 Å². The van der Waals surface area contributed by atoms with E-state index < -0.39 is 0 Å².